The minimum atomic E-state index is -4.46. The first kappa shape index (κ1) is 32.8. The van der Waals surface area contributed by atoms with Gasteiger partial charge < -0.3 is 18.9 Å². The number of methoxy groups -OCH3 is 1. The number of anilines is 1. The summed E-state index contributed by atoms with van der Waals surface area (Å²) in [6.07, 6.45) is 0.869. The van der Waals surface area contributed by atoms with Crippen molar-refractivity contribution in [3.8, 4) is 11.3 Å². The summed E-state index contributed by atoms with van der Waals surface area (Å²) >= 11 is 3.54. The van der Waals surface area contributed by atoms with Crippen LogP contribution in [0.15, 0.2) is 34.9 Å². The molecule has 2 fully saturated rings. The number of aromatic nitrogens is 2. The quantitative estimate of drug-likeness (QED) is 0.218. The number of alkyl halides is 3. The molecular formula is C33H42BrF3N4O3. The lowest BCUT2D eigenvalue weighted by molar-refractivity contribution is -0.144. The van der Waals surface area contributed by atoms with E-state index >= 15 is 0 Å². The second-order valence-corrected chi connectivity index (χ2v) is 13.9. The predicted molar refractivity (Wildman–Crippen MR) is 170 cm³/mol. The number of nitrogens with zero attached hydrogens (tertiary/aromatic N) is 4. The zero-order valence-electron chi connectivity index (χ0n) is 26.1. The van der Waals surface area contributed by atoms with Gasteiger partial charge in [0, 0.05) is 66.1 Å². The highest BCUT2D eigenvalue weighted by Crippen LogP contribution is 2.43. The molecule has 4 heterocycles. The molecule has 3 aromatic rings. The van der Waals surface area contributed by atoms with Crippen LogP contribution in [0.4, 0.5) is 18.9 Å². The molecule has 240 valence electrons. The summed E-state index contributed by atoms with van der Waals surface area (Å²) in [4.78, 5) is 21.4. The molecule has 0 aliphatic carbocycles. The van der Waals surface area contributed by atoms with E-state index in [1.165, 1.54) is 24.3 Å². The zero-order valence-corrected chi connectivity index (χ0v) is 27.7. The number of esters is 1. The summed E-state index contributed by atoms with van der Waals surface area (Å²) in [6.45, 7) is 9.88. The molecule has 5 rings (SSSR count). The van der Waals surface area contributed by atoms with Gasteiger partial charge in [0.05, 0.1) is 36.0 Å². The van der Waals surface area contributed by atoms with Crippen molar-refractivity contribution in [2.75, 3.05) is 44.8 Å². The summed E-state index contributed by atoms with van der Waals surface area (Å²) in [5, 5.41) is 0.715. The fraction of sp³-hybridized carbons (Fsp3) is 0.576. The van der Waals surface area contributed by atoms with Crippen molar-refractivity contribution >= 4 is 38.5 Å². The number of hydrogen-bond acceptors (Lipinski definition) is 6. The molecule has 2 atom stereocenters. The second-order valence-electron chi connectivity index (χ2n) is 12.9. The fourth-order valence-electron chi connectivity index (χ4n) is 6.71. The number of pyridine rings is 1. The van der Waals surface area contributed by atoms with Crippen molar-refractivity contribution in [1.82, 2.24) is 14.5 Å². The van der Waals surface area contributed by atoms with Gasteiger partial charge in [-0.05, 0) is 62.6 Å². The summed E-state index contributed by atoms with van der Waals surface area (Å²) in [5.74, 6) is -0.397. The van der Waals surface area contributed by atoms with Crippen LogP contribution in [0.2, 0.25) is 0 Å². The van der Waals surface area contributed by atoms with E-state index in [1.54, 1.807) is 19.2 Å². The molecule has 0 saturated carbocycles. The third kappa shape index (κ3) is 7.26. The summed E-state index contributed by atoms with van der Waals surface area (Å²) in [6, 6.07) is 7.85. The first-order valence-corrected chi connectivity index (χ1v) is 16.1. The van der Waals surface area contributed by atoms with E-state index in [2.05, 4.69) is 25.7 Å². The van der Waals surface area contributed by atoms with Crippen molar-refractivity contribution in [3.05, 3.63) is 46.2 Å². The monoisotopic (exact) mass is 678 g/mol. The lowest BCUT2D eigenvalue weighted by Gasteiger charge is -2.45. The van der Waals surface area contributed by atoms with Gasteiger partial charge >= 0.3 is 12.1 Å². The molecule has 0 amide bonds. The van der Waals surface area contributed by atoms with Crippen LogP contribution in [0, 0.1) is 5.41 Å². The van der Waals surface area contributed by atoms with Gasteiger partial charge in [-0.15, -0.1) is 0 Å². The number of fused-ring (bicyclic) bond motifs is 2. The van der Waals surface area contributed by atoms with Gasteiger partial charge in [-0.3, -0.25) is 14.7 Å². The average molecular weight is 680 g/mol. The van der Waals surface area contributed by atoms with Gasteiger partial charge in [-0.2, -0.15) is 13.2 Å². The molecule has 2 aromatic heterocycles. The molecule has 1 aromatic carbocycles. The fourth-order valence-corrected chi connectivity index (χ4v) is 7.07. The number of halogens is 4. The predicted octanol–water partition coefficient (Wildman–Crippen LogP) is 7.54. The van der Waals surface area contributed by atoms with E-state index in [1.807, 2.05) is 39.1 Å². The first-order valence-electron chi connectivity index (χ1n) is 15.3. The number of ether oxygens (including phenoxy) is 2. The number of carbonyl (C=O) groups excluding carboxylic acids is 1. The highest BCUT2D eigenvalue weighted by atomic mass is 79.9. The Morgan fingerprint density at radius 1 is 1.16 bits per heavy atom. The van der Waals surface area contributed by atoms with Crippen LogP contribution in [0.25, 0.3) is 22.2 Å². The highest BCUT2D eigenvalue weighted by Gasteiger charge is 2.35. The molecule has 11 heteroatoms. The van der Waals surface area contributed by atoms with Crippen molar-refractivity contribution in [3.63, 3.8) is 0 Å². The maximum Gasteiger partial charge on any atom is 0.406 e. The smallest absolute Gasteiger partial charge is 0.406 e. The Morgan fingerprint density at radius 2 is 1.93 bits per heavy atom. The van der Waals surface area contributed by atoms with Crippen LogP contribution in [0.1, 0.15) is 64.3 Å². The number of piperidine rings is 1. The number of hydrogen-bond donors (Lipinski definition) is 0. The Kier molecular flexibility index (Phi) is 9.68. The van der Waals surface area contributed by atoms with Crippen LogP contribution in [0.3, 0.4) is 0 Å². The van der Waals surface area contributed by atoms with Crippen LogP contribution in [-0.2, 0) is 27.2 Å². The lowest BCUT2D eigenvalue weighted by Crippen LogP contribution is -2.54. The standard InChI is InChI=1S/C33H42BrF3N4O3/c1-21(43-5)30-27(15-25(17-38-30)40-13-12-39-11-7-6-8-24(39)18-40)31-28(16-32(3,4)20-44-22(2)42)26-14-23(34)9-10-29(26)41(31)19-33(35,36)37/h9-10,14-15,17,21,24H,6-8,11-13,16,18-20H2,1-5H3/t21-,24+/m0/s1. The molecule has 0 bridgehead atoms. The van der Waals surface area contributed by atoms with Gasteiger partial charge in [0.2, 0.25) is 0 Å². The minimum absolute atomic E-state index is 0.132. The number of benzene rings is 1. The maximum atomic E-state index is 14.3. The molecule has 7 nitrogen and oxygen atoms in total. The Hall–Kier alpha value is -2.63. The zero-order chi connectivity index (χ0) is 31.8. The molecule has 0 unspecified atom stereocenters. The molecule has 2 aliphatic heterocycles. The Bertz CT molecular complexity index is 1510. The van der Waals surface area contributed by atoms with Crippen LogP contribution in [-0.4, -0.2) is 72.5 Å². The Morgan fingerprint density at radius 3 is 2.64 bits per heavy atom. The molecule has 0 N–H and O–H groups in total. The van der Waals surface area contributed by atoms with Crippen molar-refractivity contribution in [2.24, 2.45) is 5.41 Å². The van der Waals surface area contributed by atoms with Crippen LogP contribution >= 0.6 is 15.9 Å². The Balaban J connectivity index is 1.72. The van der Waals surface area contributed by atoms with E-state index in [0.29, 0.717) is 40.3 Å². The maximum absolute atomic E-state index is 14.3. The summed E-state index contributed by atoms with van der Waals surface area (Å²) in [5.41, 5.74) is 3.24. The molecule has 2 aliphatic rings. The van der Waals surface area contributed by atoms with E-state index in [4.69, 9.17) is 14.5 Å². The van der Waals surface area contributed by atoms with Crippen LogP contribution in [0.5, 0.6) is 0 Å². The van der Waals surface area contributed by atoms with Gasteiger partial charge in [-0.1, -0.05) is 36.2 Å². The summed E-state index contributed by atoms with van der Waals surface area (Å²) < 4.78 is 56.2. The van der Waals surface area contributed by atoms with E-state index in [9.17, 15) is 18.0 Å². The lowest BCUT2D eigenvalue weighted by atomic mass is 9.84. The topological polar surface area (TPSA) is 59.8 Å². The highest BCUT2D eigenvalue weighted by molar-refractivity contribution is 9.10. The van der Waals surface area contributed by atoms with Crippen molar-refractivity contribution in [2.45, 2.75) is 78.2 Å². The summed E-state index contributed by atoms with van der Waals surface area (Å²) in [7, 11) is 1.58. The second kappa shape index (κ2) is 13.0. The van der Waals surface area contributed by atoms with Gasteiger partial charge in [0.15, 0.2) is 0 Å². The average Bonchev–Trinajstić information content (AvgIpc) is 3.24. The first-order chi connectivity index (χ1) is 20.8. The third-order valence-electron chi connectivity index (χ3n) is 8.89. The van der Waals surface area contributed by atoms with E-state index < -0.39 is 30.2 Å². The van der Waals surface area contributed by atoms with E-state index in [-0.39, 0.29) is 6.61 Å². The van der Waals surface area contributed by atoms with Crippen LogP contribution < -0.4 is 4.90 Å². The van der Waals surface area contributed by atoms with Gasteiger partial charge in [0.25, 0.3) is 0 Å². The molecule has 2 saturated heterocycles. The molecule has 44 heavy (non-hydrogen) atoms. The Labute approximate surface area is 265 Å². The minimum Gasteiger partial charge on any atom is -0.465 e. The number of carbonyl (C=O) groups is 1. The SMILES string of the molecule is CO[C@@H](C)c1ncc(N2CCN3CCCC[C@@H]3C2)cc1-c1c(CC(C)(C)COC(C)=O)c2cc(Br)ccc2n1CC(F)(F)F. The number of piperazine rings is 1. The molecule has 0 radical (unpaired) electrons. The van der Waals surface area contributed by atoms with E-state index in [0.717, 1.165) is 48.3 Å². The van der Waals surface area contributed by atoms with Gasteiger partial charge in [-0.25, -0.2) is 0 Å². The van der Waals surface area contributed by atoms with Gasteiger partial charge in [0.1, 0.15) is 6.54 Å². The molecular weight excluding hydrogens is 637 g/mol. The largest absolute Gasteiger partial charge is 0.465 e. The third-order valence-corrected chi connectivity index (χ3v) is 9.38. The normalized spacial score (nSPS) is 18.8. The van der Waals surface area contributed by atoms with Crippen molar-refractivity contribution < 1.29 is 27.4 Å². The van der Waals surface area contributed by atoms with Crippen molar-refractivity contribution in [1.29, 1.82) is 0 Å². The molecule has 0 spiro atoms. The number of rotatable bonds is 9.